The summed E-state index contributed by atoms with van der Waals surface area (Å²) in [4.78, 5) is 11.1. The minimum absolute atomic E-state index is 0.0108. The zero-order valence-electron chi connectivity index (χ0n) is 9.44. The lowest BCUT2D eigenvalue weighted by molar-refractivity contribution is -0.120. The second-order valence-corrected chi connectivity index (χ2v) is 6.87. The fourth-order valence-electron chi connectivity index (χ4n) is 2.58. The van der Waals surface area contributed by atoms with Gasteiger partial charge < -0.3 is 0 Å². The Morgan fingerprint density at radius 1 is 1.00 bits per heavy atom. The minimum Gasteiger partial charge on any atom is -0.300 e. The molecule has 0 spiro atoms. The summed E-state index contributed by atoms with van der Waals surface area (Å²) in [7, 11) is -3.14. The quantitative estimate of drug-likeness (QED) is 0.816. The van der Waals surface area contributed by atoms with Crippen LogP contribution in [0.15, 0.2) is 0 Å². The Kier molecular flexibility index (Phi) is 3.64. The molecule has 0 heterocycles. The molecule has 0 amide bonds. The van der Waals surface area contributed by atoms with Gasteiger partial charge in [-0.2, -0.15) is 0 Å². The maximum Gasteiger partial charge on any atom is 0.214 e. The molecule has 4 nitrogen and oxygen atoms in total. The molecule has 1 N–H and O–H groups in total. The molecule has 2 aliphatic carbocycles. The van der Waals surface area contributed by atoms with Crippen molar-refractivity contribution in [2.24, 2.45) is 0 Å². The van der Waals surface area contributed by atoms with Crippen LogP contribution in [-0.4, -0.2) is 25.5 Å². The van der Waals surface area contributed by atoms with Crippen molar-refractivity contribution in [2.45, 2.75) is 62.7 Å². The van der Waals surface area contributed by atoms with E-state index in [0.717, 1.165) is 25.7 Å². The molecule has 0 bridgehead atoms. The largest absolute Gasteiger partial charge is 0.300 e. The summed E-state index contributed by atoms with van der Waals surface area (Å²) in [6.45, 7) is 0. The summed E-state index contributed by atoms with van der Waals surface area (Å²) in [5.74, 6) is 0.260. The Labute approximate surface area is 96.8 Å². The van der Waals surface area contributed by atoms with Crippen LogP contribution in [0.5, 0.6) is 0 Å². The van der Waals surface area contributed by atoms with Crippen molar-refractivity contribution in [1.82, 2.24) is 4.72 Å². The third-order valence-electron chi connectivity index (χ3n) is 3.62. The molecule has 5 heteroatoms. The van der Waals surface area contributed by atoms with E-state index in [9.17, 15) is 13.2 Å². The van der Waals surface area contributed by atoms with E-state index < -0.39 is 10.0 Å². The first kappa shape index (κ1) is 12.0. The van der Waals surface area contributed by atoms with Gasteiger partial charge in [0.1, 0.15) is 5.78 Å². The summed E-state index contributed by atoms with van der Waals surface area (Å²) in [5, 5.41) is -0.190. The van der Waals surface area contributed by atoms with Crippen LogP contribution in [0.2, 0.25) is 0 Å². The second kappa shape index (κ2) is 4.84. The van der Waals surface area contributed by atoms with Crippen LogP contribution in [0.25, 0.3) is 0 Å². The molecular weight excluding hydrogens is 226 g/mol. The van der Waals surface area contributed by atoms with E-state index in [0.29, 0.717) is 25.7 Å². The van der Waals surface area contributed by atoms with Crippen molar-refractivity contribution in [2.75, 3.05) is 0 Å². The number of nitrogens with one attached hydrogen (secondary N) is 1. The molecule has 0 saturated heterocycles. The van der Waals surface area contributed by atoms with Crippen LogP contribution in [0.1, 0.15) is 51.4 Å². The molecule has 0 aromatic rings. The van der Waals surface area contributed by atoms with E-state index in [2.05, 4.69) is 4.72 Å². The Morgan fingerprint density at radius 3 is 2.12 bits per heavy atom. The predicted molar refractivity (Wildman–Crippen MR) is 61.6 cm³/mol. The van der Waals surface area contributed by atoms with Crippen LogP contribution < -0.4 is 4.72 Å². The van der Waals surface area contributed by atoms with Gasteiger partial charge in [-0.05, 0) is 25.7 Å². The maximum atomic E-state index is 12.0. The van der Waals surface area contributed by atoms with Crippen LogP contribution in [0.3, 0.4) is 0 Å². The van der Waals surface area contributed by atoms with Gasteiger partial charge in [0, 0.05) is 18.9 Å². The molecule has 0 aliphatic heterocycles. The molecule has 16 heavy (non-hydrogen) atoms. The number of sulfonamides is 1. The average molecular weight is 245 g/mol. The summed E-state index contributed by atoms with van der Waals surface area (Å²) >= 11 is 0. The first-order chi connectivity index (χ1) is 7.58. The van der Waals surface area contributed by atoms with Gasteiger partial charge in [-0.15, -0.1) is 0 Å². The molecular formula is C11H19NO3S. The van der Waals surface area contributed by atoms with Gasteiger partial charge in [-0.25, -0.2) is 13.1 Å². The predicted octanol–water partition coefficient (Wildman–Crippen LogP) is 1.36. The fourth-order valence-corrected chi connectivity index (χ4v) is 4.43. The Morgan fingerprint density at radius 2 is 1.56 bits per heavy atom. The van der Waals surface area contributed by atoms with Crippen molar-refractivity contribution in [1.29, 1.82) is 0 Å². The van der Waals surface area contributed by atoms with Gasteiger partial charge in [0.2, 0.25) is 10.0 Å². The summed E-state index contributed by atoms with van der Waals surface area (Å²) in [6, 6.07) is -0.0108. The number of hydrogen-bond donors (Lipinski definition) is 1. The van der Waals surface area contributed by atoms with Crippen molar-refractivity contribution in [3.63, 3.8) is 0 Å². The lowest BCUT2D eigenvalue weighted by atomic mass is 9.95. The van der Waals surface area contributed by atoms with E-state index >= 15 is 0 Å². The zero-order chi connectivity index (χ0) is 11.6. The number of carbonyl (C=O) groups excluding carboxylic acids is 1. The first-order valence-electron chi connectivity index (χ1n) is 6.11. The number of hydrogen-bond acceptors (Lipinski definition) is 3. The van der Waals surface area contributed by atoms with Crippen molar-refractivity contribution >= 4 is 15.8 Å². The smallest absolute Gasteiger partial charge is 0.214 e. The van der Waals surface area contributed by atoms with Crippen molar-refractivity contribution < 1.29 is 13.2 Å². The van der Waals surface area contributed by atoms with Gasteiger partial charge in [0.05, 0.1) is 5.25 Å². The van der Waals surface area contributed by atoms with Crippen LogP contribution in [0, 0.1) is 0 Å². The Bertz CT molecular complexity index is 347. The highest BCUT2D eigenvalue weighted by atomic mass is 32.2. The number of Topliss-reactive ketones (excluding diaryl/α,β-unsaturated/α-hetero) is 1. The highest BCUT2D eigenvalue weighted by Crippen LogP contribution is 2.25. The van der Waals surface area contributed by atoms with E-state index in [1.54, 1.807) is 0 Å². The highest BCUT2D eigenvalue weighted by molar-refractivity contribution is 7.90. The number of carbonyl (C=O) groups is 1. The monoisotopic (exact) mass is 245 g/mol. The Hall–Kier alpha value is -0.420. The molecule has 2 fully saturated rings. The Balaban J connectivity index is 1.90. The summed E-state index contributed by atoms with van der Waals surface area (Å²) in [5.41, 5.74) is 0. The third-order valence-corrected chi connectivity index (χ3v) is 5.63. The molecule has 92 valence electrons. The van der Waals surface area contributed by atoms with E-state index in [4.69, 9.17) is 0 Å². The molecule has 2 rings (SSSR count). The average Bonchev–Trinajstić information content (AvgIpc) is 2.75. The number of rotatable bonds is 3. The topological polar surface area (TPSA) is 63.2 Å². The van der Waals surface area contributed by atoms with Crippen molar-refractivity contribution in [3.8, 4) is 0 Å². The van der Waals surface area contributed by atoms with E-state index in [1.807, 2.05) is 0 Å². The fraction of sp³-hybridized carbons (Fsp3) is 0.909. The maximum absolute atomic E-state index is 12.0. The van der Waals surface area contributed by atoms with Gasteiger partial charge >= 0.3 is 0 Å². The lowest BCUT2D eigenvalue weighted by Gasteiger charge is -2.23. The molecule has 0 atom stereocenters. The second-order valence-electron chi connectivity index (χ2n) is 4.88. The van der Waals surface area contributed by atoms with Crippen molar-refractivity contribution in [3.05, 3.63) is 0 Å². The SMILES string of the molecule is O=C1CCC(NS(=O)(=O)C2CCCC2)CC1. The molecule has 0 radical (unpaired) electrons. The highest BCUT2D eigenvalue weighted by Gasteiger charge is 2.31. The molecule has 0 aromatic carbocycles. The van der Waals surface area contributed by atoms with Crippen LogP contribution in [-0.2, 0) is 14.8 Å². The van der Waals surface area contributed by atoms with E-state index in [-0.39, 0.29) is 17.1 Å². The molecule has 2 saturated carbocycles. The van der Waals surface area contributed by atoms with Gasteiger partial charge in [0.15, 0.2) is 0 Å². The number of ketones is 1. The van der Waals surface area contributed by atoms with Crippen LogP contribution in [0.4, 0.5) is 0 Å². The minimum atomic E-state index is -3.14. The molecule has 0 aromatic heterocycles. The van der Waals surface area contributed by atoms with Gasteiger partial charge in [0.25, 0.3) is 0 Å². The van der Waals surface area contributed by atoms with E-state index in [1.165, 1.54) is 0 Å². The standard InChI is InChI=1S/C11H19NO3S/c13-10-7-5-9(6-8-10)12-16(14,15)11-3-1-2-4-11/h9,11-12H,1-8H2. The normalized spacial score (nSPS) is 25.1. The summed E-state index contributed by atoms with van der Waals surface area (Å²) in [6.07, 6.45) is 6.02. The van der Waals surface area contributed by atoms with Gasteiger partial charge in [-0.1, -0.05) is 12.8 Å². The lowest BCUT2D eigenvalue weighted by Crippen LogP contribution is -2.42. The van der Waals surface area contributed by atoms with Gasteiger partial charge in [-0.3, -0.25) is 4.79 Å². The van der Waals surface area contributed by atoms with Crippen LogP contribution >= 0.6 is 0 Å². The summed E-state index contributed by atoms with van der Waals surface area (Å²) < 4.78 is 26.8. The molecule has 0 unspecified atom stereocenters. The zero-order valence-corrected chi connectivity index (χ0v) is 10.3. The molecule has 2 aliphatic rings. The third kappa shape index (κ3) is 2.83. The first-order valence-corrected chi connectivity index (χ1v) is 7.65.